The van der Waals surface area contributed by atoms with Crippen LogP contribution in [0, 0.1) is 11.7 Å². The van der Waals surface area contributed by atoms with E-state index in [1.807, 2.05) is 0 Å². The monoisotopic (exact) mass is 372 g/mol. The minimum absolute atomic E-state index is 0.136. The summed E-state index contributed by atoms with van der Waals surface area (Å²) in [6.07, 6.45) is 6.22. The molecule has 1 fully saturated rings. The highest BCUT2D eigenvalue weighted by Crippen LogP contribution is 2.30. The molecular weight excluding hydrogens is 343 g/mol. The van der Waals surface area contributed by atoms with Crippen LogP contribution in [0.3, 0.4) is 0 Å². The summed E-state index contributed by atoms with van der Waals surface area (Å²) in [5.41, 5.74) is 6.27. The molecule has 3 N–H and O–H groups in total. The zero-order valence-corrected chi connectivity index (χ0v) is 15.5. The lowest BCUT2D eigenvalue weighted by Crippen LogP contribution is -2.28. The van der Waals surface area contributed by atoms with Gasteiger partial charge < -0.3 is 10.5 Å². The maximum absolute atomic E-state index is 13.7. The van der Waals surface area contributed by atoms with Gasteiger partial charge in [-0.15, -0.1) is 0 Å². The van der Waals surface area contributed by atoms with E-state index >= 15 is 0 Å². The lowest BCUT2D eigenvalue weighted by molar-refractivity contribution is 0.285. The topological polar surface area (TPSA) is 81.4 Å². The molecule has 7 heteroatoms. The van der Waals surface area contributed by atoms with Gasteiger partial charge in [-0.1, -0.05) is 18.9 Å². The summed E-state index contributed by atoms with van der Waals surface area (Å²) in [6.45, 7) is 1.50. The summed E-state index contributed by atoms with van der Waals surface area (Å²) in [6, 6.07) is 4.71. The lowest BCUT2D eigenvalue weighted by Gasteiger charge is -2.10. The molecule has 0 bridgehead atoms. The minimum Gasteiger partial charge on any atom is -0.490 e. The number of sulfonamides is 1. The van der Waals surface area contributed by atoms with E-state index in [0.717, 1.165) is 37.7 Å². The Hall–Kier alpha value is -1.18. The van der Waals surface area contributed by atoms with Crippen molar-refractivity contribution in [1.29, 1.82) is 0 Å². The van der Waals surface area contributed by atoms with E-state index < -0.39 is 10.0 Å². The van der Waals surface area contributed by atoms with Gasteiger partial charge in [0.1, 0.15) is 0 Å². The summed E-state index contributed by atoms with van der Waals surface area (Å²) >= 11 is 0. The van der Waals surface area contributed by atoms with E-state index in [1.165, 1.54) is 6.07 Å². The van der Waals surface area contributed by atoms with Gasteiger partial charge in [-0.3, -0.25) is 0 Å². The van der Waals surface area contributed by atoms with E-state index in [2.05, 4.69) is 4.72 Å². The van der Waals surface area contributed by atoms with Crippen molar-refractivity contribution in [3.8, 4) is 5.75 Å². The Morgan fingerprint density at radius 3 is 2.68 bits per heavy atom. The largest absolute Gasteiger partial charge is 0.490 e. The highest BCUT2D eigenvalue weighted by Gasteiger charge is 2.22. The SMILES string of the molecule is NCCCCCCS(=O)(=O)NCCc1ccc(F)c(OCC2CC2)c1. The Balaban J connectivity index is 1.71. The molecule has 1 aliphatic carbocycles. The molecule has 5 nitrogen and oxygen atoms in total. The van der Waals surface area contributed by atoms with Crippen LogP contribution >= 0.6 is 0 Å². The van der Waals surface area contributed by atoms with Crippen LogP contribution in [0.25, 0.3) is 0 Å². The van der Waals surface area contributed by atoms with Crippen LogP contribution in [-0.4, -0.2) is 33.9 Å². The molecule has 0 aliphatic heterocycles. The summed E-state index contributed by atoms with van der Waals surface area (Å²) < 4.78 is 45.7. The van der Waals surface area contributed by atoms with Crippen molar-refractivity contribution in [2.45, 2.75) is 44.9 Å². The fourth-order valence-electron chi connectivity index (χ4n) is 2.52. The predicted molar refractivity (Wildman–Crippen MR) is 97.6 cm³/mol. The Bertz CT molecular complexity index is 633. The third-order valence-electron chi connectivity index (χ3n) is 4.27. The van der Waals surface area contributed by atoms with E-state index in [4.69, 9.17) is 10.5 Å². The van der Waals surface area contributed by atoms with E-state index in [9.17, 15) is 12.8 Å². The molecule has 0 atom stereocenters. The van der Waals surface area contributed by atoms with E-state index in [1.54, 1.807) is 12.1 Å². The van der Waals surface area contributed by atoms with Gasteiger partial charge >= 0.3 is 0 Å². The molecule has 1 aliphatic rings. The predicted octanol–water partition coefficient (Wildman–Crippen LogP) is 2.60. The summed E-state index contributed by atoms with van der Waals surface area (Å²) in [4.78, 5) is 0. The third-order valence-corrected chi connectivity index (χ3v) is 5.74. The number of nitrogens with two attached hydrogens (primary N) is 1. The van der Waals surface area contributed by atoms with E-state index in [-0.39, 0.29) is 17.3 Å². The van der Waals surface area contributed by atoms with Crippen LogP contribution in [0.15, 0.2) is 18.2 Å². The second kappa shape index (κ2) is 10.1. The quantitative estimate of drug-likeness (QED) is 0.522. The van der Waals surface area contributed by atoms with Gasteiger partial charge in [0.15, 0.2) is 11.6 Å². The smallest absolute Gasteiger partial charge is 0.211 e. The van der Waals surface area contributed by atoms with Gasteiger partial charge in [-0.2, -0.15) is 0 Å². The summed E-state index contributed by atoms with van der Waals surface area (Å²) in [5.74, 6) is 0.575. The molecule has 0 aromatic heterocycles. The molecule has 1 aromatic rings. The number of halogens is 1. The molecule has 0 radical (unpaired) electrons. The van der Waals surface area contributed by atoms with Gasteiger partial charge in [0.25, 0.3) is 0 Å². The van der Waals surface area contributed by atoms with Gasteiger partial charge in [-0.25, -0.2) is 17.5 Å². The maximum atomic E-state index is 13.7. The lowest BCUT2D eigenvalue weighted by atomic mass is 10.1. The number of nitrogens with one attached hydrogen (secondary N) is 1. The Morgan fingerprint density at radius 2 is 1.96 bits per heavy atom. The van der Waals surface area contributed by atoms with Gasteiger partial charge in [-0.05, 0) is 62.3 Å². The number of hydrogen-bond acceptors (Lipinski definition) is 4. The van der Waals surface area contributed by atoms with Crippen molar-refractivity contribution in [3.63, 3.8) is 0 Å². The number of hydrogen-bond donors (Lipinski definition) is 2. The molecule has 142 valence electrons. The van der Waals surface area contributed by atoms with Crippen molar-refractivity contribution in [2.24, 2.45) is 11.7 Å². The Labute approximate surface area is 150 Å². The van der Waals surface area contributed by atoms with Crippen molar-refractivity contribution in [2.75, 3.05) is 25.4 Å². The average molecular weight is 373 g/mol. The van der Waals surface area contributed by atoms with Crippen LogP contribution in [0.4, 0.5) is 4.39 Å². The second-order valence-corrected chi connectivity index (χ2v) is 8.61. The first-order valence-corrected chi connectivity index (χ1v) is 10.7. The molecule has 1 saturated carbocycles. The first-order valence-electron chi connectivity index (χ1n) is 9.09. The van der Waals surface area contributed by atoms with Gasteiger partial charge in [0.2, 0.25) is 10.0 Å². The molecule has 2 rings (SSSR count). The number of unbranched alkanes of at least 4 members (excludes halogenated alkanes) is 3. The Kier molecular flexibility index (Phi) is 8.12. The van der Waals surface area contributed by atoms with Gasteiger partial charge in [0.05, 0.1) is 12.4 Å². The number of ether oxygens (including phenoxy) is 1. The first kappa shape index (κ1) is 20.1. The standard InChI is InChI=1S/C18H29FN2O3S/c19-17-8-7-15(13-18(17)24-14-16-5-6-16)9-11-21-25(22,23)12-4-2-1-3-10-20/h7-8,13,16,21H,1-6,9-12,14,20H2. The molecule has 0 heterocycles. The van der Waals surface area contributed by atoms with Crippen LogP contribution in [0.2, 0.25) is 0 Å². The summed E-state index contributed by atoms with van der Waals surface area (Å²) in [5, 5.41) is 0. The summed E-state index contributed by atoms with van der Waals surface area (Å²) in [7, 11) is -3.26. The molecular formula is C18H29FN2O3S. The fraction of sp³-hybridized carbons (Fsp3) is 0.667. The molecule has 25 heavy (non-hydrogen) atoms. The van der Waals surface area contributed by atoms with Crippen LogP contribution in [0.5, 0.6) is 5.75 Å². The fourth-order valence-corrected chi connectivity index (χ4v) is 3.66. The highest BCUT2D eigenvalue weighted by molar-refractivity contribution is 7.89. The zero-order chi connectivity index (χ0) is 18.1. The van der Waals surface area contributed by atoms with Crippen molar-refractivity contribution < 1.29 is 17.5 Å². The molecule has 0 spiro atoms. The minimum atomic E-state index is -3.26. The second-order valence-electron chi connectivity index (χ2n) is 6.69. The zero-order valence-electron chi connectivity index (χ0n) is 14.7. The third kappa shape index (κ3) is 8.16. The average Bonchev–Trinajstić information content (AvgIpc) is 3.39. The molecule has 0 saturated heterocycles. The molecule has 0 unspecified atom stereocenters. The van der Waals surface area contributed by atoms with Crippen LogP contribution in [0.1, 0.15) is 44.1 Å². The maximum Gasteiger partial charge on any atom is 0.211 e. The normalized spacial score (nSPS) is 14.6. The van der Waals surface area contributed by atoms with Crippen molar-refractivity contribution in [1.82, 2.24) is 4.72 Å². The Morgan fingerprint density at radius 1 is 1.20 bits per heavy atom. The molecule has 1 aromatic carbocycles. The van der Waals surface area contributed by atoms with Crippen LogP contribution in [-0.2, 0) is 16.4 Å². The van der Waals surface area contributed by atoms with Gasteiger partial charge in [0, 0.05) is 6.54 Å². The van der Waals surface area contributed by atoms with Crippen molar-refractivity contribution >= 4 is 10.0 Å². The van der Waals surface area contributed by atoms with Crippen LogP contribution < -0.4 is 15.2 Å². The highest BCUT2D eigenvalue weighted by atomic mass is 32.2. The first-order chi connectivity index (χ1) is 12.0. The van der Waals surface area contributed by atoms with E-state index in [0.29, 0.717) is 38.5 Å². The number of rotatable bonds is 13. The van der Waals surface area contributed by atoms with Crippen molar-refractivity contribution in [3.05, 3.63) is 29.6 Å². The number of benzene rings is 1. The molecule has 0 amide bonds.